The van der Waals surface area contributed by atoms with E-state index >= 15 is 0 Å². The average molecular weight is 340 g/mol. The van der Waals surface area contributed by atoms with Gasteiger partial charge in [-0.15, -0.1) is 0 Å². The van der Waals surface area contributed by atoms with Crippen molar-refractivity contribution in [3.63, 3.8) is 0 Å². The molecule has 0 fully saturated rings. The average Bonchev–Trinajstić information content (AvgIpc) is 2.64. The molecule has 0 atom stereocenters. The van der Waals surface area contributed by atoms with Gasteiger partial charge in [0.05, 0.1) is 19.8 Å². The lowest BCUT2D eigenvalue weighted by molar-refractivity contribution is 0.0600. The summed E-state index contributed by atoms with van der Waals surface area (Å²) >= 11 is 0. The Bertz CT molecular complexity index is 973. The number of ether oxygens (including phenoxy) is 3. The molecule has 128 valence electrons. The summed E-state index contributed by atoms with van der Waals surface area (Å²) in [6, 6.07) is 13.3. The van der Waals surface area contributed by atoms with Crippen LogP contribution in [0.25, 0.3) is 11.0 Å². The number of esters is 1. The number of carbonyl (C=O) groups is 1. The molecule has 0 bridgehead atoms. The van der Waals surface area contributed by atoms with Crippen LogP contribution >= 0.6 is 0 Å². The number of fused-ring (bicyclic) bond motifs is 1. The van der Waals surface area contributed by atoms with Crippen LogP contribution in [0.3, 0.4) is 0 Å². The van der Waals surface area contributed by atoms with Gasteiger partial charge in [0, 0.05) is 23.1 Å². The van der Waals surface area contributed by atoms with E-state index in [1.807, 2.05) is 0 Å². The molecule has 1 heterocycles. The molecule has 0 radical (unpaired) electrons. The van der Waals surface area contributed by atoms with Gasteiger partial charge >= 0.3 is 11.6 Å². The molecule has 2 aromatic carbocycles. The first kappa shape index (κ1) is 16.6. The highest BCUT2D eigenvalue weighted by Crippen LogP contribution is 2.24. The van der Waals surface area contributed by atoms with Crippen LogP contribution in [0, 0.1) is 0 Å². The second-order valence-electron chi connectivity index (χ2n) is 5.26. The van der Waals surface area contributed by atoms with Gasteiger partial charge < -0.3 is 18.6 Å². The van der Waals surface area contributed by atoms with Crippen LogP contribution in [0.1, 0.15) is 15.9 Å². The summed E-state index contributed by atoms with van der Waals surface area (Å²) in [5.41, 5.74) is 1.02. The molecule has 6 heteroatoms. The van der Waals surface area contributed by atoms with E-state index in [1.165, 1.54) is 13.2 Å². The van der Waals surface area contributed by atoms with E-state index in [1.54, 1.807) is 49.6 Å². The lowest BCUT2D eigenvalue weighted by Crippen LogP contribution is -2.05. The van der Waals surface area contributed by atoms with Gasteiger partial charge in [0.25, 0.3) is 0 Å². The van der Waals surface area contributed by atoms with Crippen LogP contribution in [0.2, 0.25) is 0 Å². The second kappa shape index (κ2) is 7.09. The molecule has 0 unspecified atom stereocenters. The van der Waals surface area contributed by atoms with Gasteiger partial charge in [0.2, 0.25) is 0 Å². The van der Waals surface area contributed by atoms with Gasteiger partial charge in [-0.1, -0.05) is 6.07 Å². The molecular formula is C19H16O6. The Morgan fingerprint density at radius 2 is 1.88 bits per heavy atom. The van der Waals surface area contributed by atoms with Crippen molar-refractivity contribution in [2.75, 3.05) is 14.2 Å². The van der Waals surface area contributed by atoms with Crippen molar-refractivity contribution in [1.29, 1.82) is 0 Å². The smallest absolute Gasteiger partial charge is 0.337 e. The first-order valence-electron chi connectivity index (χ1n) is 7.52. The molecule has 0 saturated heterocycles. The Balaban J connectivity index is 1.88. The van der Waals surface area contributed by atoms with Crippen molar-refractivity contribution in [3.8, 4) is 11.5 Å². The van der Waals surface area contributed by atoms with E-state index in [4.69, 9.17) is 13.9 Å². The summed E-state index contributed by atoms with van der Waals surface area (Å²) in [5, 5.41) is 0.754. The Hall–Kier alpha value is -3.28. The first-order chi connectivity index (χ1) is 12.1. The monoisotopic (exact) mass is 340 g/mol. The lowest BCUT2D eigenvalue weighted by atomic mass is 10.1. The summed E-state index contributed by atoms with van der Waals surface area (Å²) in [7, 11) is 2.86. The van der Waals surface area contributed by atoms with Gasteiger partial charge in [0.1, 0.15) is 23.7 Å². The molecule has 6 nitrogen and oxygen atoms in total. The zero-order valence-corrected chi connectivity index (χ0v) is 13.8. The third-order valence-electron chi connectivity index (χ3n) is 3.69. The van der Waals surface area contributed by atoms with E-state index < -0.39 is 11.6 Å². The number of hydrogen-bond donors (Lipinski definition) is 0. The van der Waals surface area contributed by atoms with E-state index in [9.17, 15) is 9.59 Å². The van der Waals surface area contributed by atoms with Crippen molar-refractivity contribution >= 4 is 16.9 Å². The summed E-state index contributed by atoms with van der Waals surface area (Å²) in [6.07, 6.45) is 0. The Kier molecular flexibility index (Phi) is 4.70. The minimum Gasteiger partial charge on any atom is -0.497 e. The summed E-state index contributed by atoms with van der Waals surface area (Å²) in [4.78, 5) is 23.3. The van der Waals surface area contributed by atoms with E-state index in [2.05, 4.69) is 4.74 Å². The maximum Gasteiger partial charge on any atom is 0.337 e. The molecular weight excluding hydrogens is 324 g/mol. The van der Waals surface area contributed by atoms with Crippen LogP contribution in [-0.4, -0.2) is 20.2 Å². The quantitative estimate of drug-likeness (QED) is 0.525. The Morgan fingerprint density at radius 3 is 2.64 bits per heavy atom. The highest BCUT2D eigenvalue weighted by molar-refractivity contribution is 5.89. The van der Waals surface area contributed by atoms with Gasteiger partial charge in [-0.3, -0.25) is 0 Å². The van der Waals surface area contributed by atoms with Crippen LogP contribution in [0.5, 0.6) is 11.5 Å². The highest BCUT2D eigenvalue weighted by Gasteiger charge is 2.10. The van der Waals surface area contributed by atoms with Gasteiger partial charge in [-0.2, -0.15) is 0 Å². The van der Waals surface area contributed by atoms with Crippen molar-refractivity contribution in [3.05, 3.63) is 70.1 Å². The minimum absolute atomic E-state index is 0.152. The van der Waals surface area contributed by atoms with Crippen LogP contribution in [0.15, 0.2) is 57.7 Å². The molecule has 0 N–H and O–H groups in total. The molecule has 0 aliphatic rings. The third-order valence-corrected chi connectivity index (χ3v) is 3.69. The second-order valence-corrected chi connectivity index (χ2v) is 5.26. The number of rotatable bonds is 5. The predicted octanol–water partition coefficient (Wildman–Crippen LogP) is 3.17. The molecule has 0 spiro atoms. The third kappa shape index (κ3) is 3.63. The van der Waals surface area contributed by atoms with Gasteiger partial charge in [-0.25, -0.2) is 9.59 Å². The fourth-order valence-electron chi connectivity index (χ4n) is 2.45. The number of hydrogen-bond acceptors (Lipinski definition) is 6. The summed E-state index contributed by atoms with van der Waals surface area (Å²) < 4.78 is 20.8. The molecule has 3 rings (SSSR count). The summed E-state index contributed by atoms with van der Waals surface area (Å²) in [5.74, 6) is 0.653. The highest BCUT2D eigenvalue weighted by atomic mass is 16.5. The molecule has 0 saturated carbocycles. The van der Waals surface area contributed by atoms with Crippen LogP contribution < -0.4 is 15.1 Å². The van der Waals surface area contributed by atoms with Crippen molar-refractivity contribution in [2.24, 2.45) is 0 Å². The normalized spacial score (nSPS) is 10.5. The topological polar surface area (TPSA) is 75.0 Å². The number of carbonyl (C=O) groups excluding carboxylic acids is 1. The zero-order chi connectivity index (χ0) is 17.8. The number of benzene rings is 2. The fourth-order valence-corrected chi connectivity index (χ4v) is 2.45. The molecule has 0 amide bonds. The molecule has 0 aliphatic carbocycles. The maximum atomic E-state index is 11.8. The SMILES string of the molecule is COC(=O)c1cccc(OCc2cc(=O)oc3cc(OC)ccc23)c1. The predicted molar refractivity (Wildman–Crippen MR) is 91.1 cm³/mol. The van der Waals surface area contributed by atoms with Gasteiger partial charge in [-0.05, 0) is 30.3 Å². The fraction of sp³-hybridized carbons (Fsp3) is 0.158. The standard InChI is InChI=1S/C19H16O6/c1-22-14-6-7-16-13(9-18(20)25-17(16)10-14)11-24-15-5-3-4-12(8-15)19(21)23-2/h3-10H,11H2,1-2H3. The van der Waals surface area contributed by atoms with Crippen molar-refractivity contribution in [1.82, 2.24) is 0 Å². The molecule has 1 aromatic heterocycles. The van der Waals surface area contributed by atoms with Crippen LogP contribution in [-0.2, 0) is 11.3 Å². The minimum atomic E-state index is -0.470. The summed E-state index contributed by atoms with van der Waals surface area (Å²) in [6.45, 7) is 0.152. The Labute approximate surface area is 143 Å². The first-order valence-corrected chi connectivity index (χ1v) is 7.52. The lowest BCUT2D eigenvalue weighted by Gasteiger charge is -2.10. The van der Waals surface area contributed by atoms with Gasteiger partial charge in [0.15, 0.2) is 0 Å². The number of methoxy groups -OCH3 is 2. The largest absolute Gasteiger partial charge is 0.497 e. The van der Waals surface area contributed by atoms with E-state index in [0.29, 0.717) is 28.2 Å². The van der Waals surface area contributed by atoms with Crippen molar-refractivity contribution in [2.45, 2.75) is 6.61 Å². The zero-order valence-electron chi connectivity index (χ0n) is 13.8. The molecule has 0 aliphatic heterocycles. The Morgan fingerprint density at radius 1 is 1.04 bits per heavy atom. The maximum absolute atomic E-state index is 11.8. The molecule has 3 aromatic rings. The van der Waals surface area contributed by atoms with Crippen LogP contribution in [0.4, 0.5) is 0 Å². The van der Waals surface area contributed by atoms with E-state index in [0.717, 1.165) is 5.39 Å². The van der Waals surface area contributed by atoms with E-state index in [-0.39, 0.29) is 6.61 Å². The molecule has 25 heavy (non-hydrogen) atoms. The van der Waals surface area contributed by atoms with Crippen molar-refractivity contribution < 1.29 is 23.4 Å².